The summed E-state index contributed by atoms with van der Waals surface area (Å²) in [6, 6.07) is 8.92. The summed E-state index contributed by atoms with van der Waals surface area (Å²) in [5.41, 5.74) is 1.40. The van der Waals surface area contributed by atoms with E-state index in [9.17, 15) is 9.59 Å². The molecular weight excluding hydrogens is 412 g/mol. The number of anilines is 2. The molecule has 0 saturated carbocycles. The minimum absolute atomic E-state index is 0.0889. The van der Waals surface area contributed by atoms with Gasteiger partial charge in [-0.3, -0.25) is 9.59 Å². The first-order chi connectivity index (χ1) is 13.9. The number of nitrogens with one attached hydrogen (secondary N) is 1. The molecule has 0 spiro atoms. The number of aromatic nitrogens is 2. The number of aryl methyl sites for hydroxylation is 2. The molecule has 1 aromatic carbocycles. The Morgan fingerprint density at radius 3 is 2.97 bits per heavy atom. The van der Waals surface area contributed by atoms with E-state index in [1.54, 1.807) is 23.1 Å². The number of benzene rings is 1. The predicted molar refractivity (Wildman–Crippen MR) is 112 cm³/mol. The number of hydrogen-bond acceptors (Lipinski definition) is 6. The van der Waals surface area contributed by atoms with E-state index in [2.05, 4.69) is 15.5 Å². The van der Waals surface area contributed by atoms with E-state index in [4.69, 9.17) is 16.1 Å². The Morgan fingerprint density at radius 2 is 2.24 bits per heavy atom. The molecule has 1 N–H and O–H groups in total. The lowest BCUT2D eigenvalue weighted by Gasteiger charge is -2.17. The normalized spacial score (nSPS) is 16.4. The number of thiophene rings is 1. The van der Waals surface area contributed by atoms with Gasteiger partial charge in [0.05, 0.1) is 16.5 Å². The van der Waals surface area contributed by atoms with Crippen LogP contribution in [0.25, 0.3) is 10.7 Å². The first kappa shape index (κ1) is 19.6. The second-order valence-electron chi connectivity index (χ2n) is 6.82. The van der Waals surface area contributed by atoms with Crippen LogP contribution in [0.2, 0.25) is 5.02 Å². The number of rotatable bonds is 5. The van der Waals surface area contributed by atoms with Crippen molar-refractivity contribution in [2.75, 3.05) is 16.8 Å². The van der Waals surface area contributed by atoms with Crippen molar-refractivity contribution in [2.45, 2.75) is 26.7 Å². The summed E-state index contributed by atoms with van der Waals surface area (Å²) in [5.74, 6) is 0.383. The molecule has 1 atom stereocenters. The number of carbonyl (C=O) groups excluding carboxylic acids is 2. The van der Waals surface area contributed by atoms with Crippen molar-refractivity contribution < 1.29 is 14.1 Å². The van der Waals surface area contributed by atoms with Gasteiger partial charge in [0, 0.05) is 35.0 Å². The lowest BCUT2D eigenvalue weighted by Crippen LogP contribution is -2.28. The first-order valence-corrected chi connectivity index (χ1v) is 10.4. The Hall–Kier alpha value is -2.71. The zero-order valence-corrected chi connectivity index (χ0v) is 17.5. The van der Waals surface area contributed by atoms with Crippen LogP contribution in [0, 0.1) is 12.8 Å². The summed E-state index contributed by atoms with van der Waals surface area (Å²) >= 11 is 7.51. The van der Waals surface area contributed by atoms with Gasteiger partial charge >= 0.3 is 0 Å². The number of nitrogens with zero attached hydrogens (tertiary/aromatic N) is 3. The molecular formula is C20H19ClN4O3S. The zero-order chi connectivity index (χ0) is 20.5. The van der Waals surface area contributed by atoms with Crippen LogP contribution in [-0.4, -0.2) is 28.5 Å². The maximum Gasteiger partial charge on any atom is 0.229 e. The van der Waals surface area contributed by atoms with Crippen LogP contribution in [-0.2, 0) is 16.0 Å². The van der Waals surface area contributed by atoms with Crippen LogP contribution in [0.5, 0.6) is 0 Å². The van der Waals surface area contributed by atoms with Crippen molar-refractivity contribution in [1.29, 1.82) is 0 Å². The van der Waals surface area contributed by atoms with Gasteiger partial charge in [-0.1, -0.05) is 29.7 Å². The van der Waals surface area contributed by atoms with Gasteiger partial charge in [-0.2, -0.15) is 4.98 Å². The second-order valence-corrected chi connectivity index (χ2v) is 8.51. The van der Waals surface area contributed by atoms with Gasteiger partial charge in [0.1, 0.15) is 0 Å². The highest BCUT2D eigenvalue weighted by Crippen LogP contribution is 2.34. The highest BCUT2D eigenvalue weighted by atomic mass is 35.5. The van der Waals surface area contributed by atoms with Crippen LogP contribution in [0.3, 0.4) is 0 Å². The van der Waals surface area contributed by atoms with E-state index in [1.807, 2.05) is 26.0 Å². The smallest absolute Gasteiger partial charge is 0.229 e. The fraction of sp³-hybridized carbons (Fsp3) is 0.300. The number of hydrogen-bond donors (Lipinski definition) is 1. The fourth-order valence-corrected chi connectivity index (χ4v) is 4.31. The van der Waals surface area contributed by atoms with Gasteiger partial charge in [-0.05, 0) is 31.2 Å². The summed E-state index contributed by atoms with van der Waals surface area (Å²) in [4.78, 5) is 32.9. The third kappa shape index (κ3) is 4.04. The number of amides is 2. The van der Waals surface area contributed by atoms with Crippen molar-refractivity contribution in [3.8, 4) is 10.7 Å². The van der Waals surface area contributed by atoms with E-state index in [0.717, 1.165) is 9.75 Å². The van der Waals surface area contributed by atoms with Crippen LogP contribution in [0.4, 0.5) is 11.4 Å². The van der Waals surface area contributed by atoms with Crippen molar-refractivity contribution in [3.05, 3.63) is 46.1 Å². The molecule has 0 radical (unpaired) electrons. The molecule has 1 saturated heterocycles. The minimum Gasteiger partial charge on any atom is -0.339 e. The molecule has 1 unspecified atom stereocenters. The Labute approximate surface area is 176 Å². The van der Waals surface area contributed by atoms with Gasteiger partial charge in [0.15, 0.2) is 0 Å². The Kier molecular flexibility index (Phi) is 5.38. The Bertz CT molecular complexity index is 1080. The summed E-state index contributed by atoms with van der Waals surface area (Å²) < 4.78 is 5.16. The Balaban J connectivity index is 1.46. The van der Waals surface area contributed by atoms with E-state index in [0.29, 0.717) is 41.1 Å². The third-order valence-corrected chi connectivity index (χ3v) is 6.06. The van der Waals surface area contributed by atoms with Crippen LogP contribution in [0.15, 0.2) is 34.9 Å². The predicted octanol–water partition coefficient (Wildman–Crippen LogP) is 4.31. The van der Waals surface area contributed by atoms with Gasteiger partial charge in [-0.15, -0.1) is 11.3 Å². The fourth-order valence-electron chi connectivity index (χ4n) is 3.23. The zero-order valence-electron chi connectivity index (χ0n) is 15.9. The van der Waals surface area contributed by atoms with E-state index in [1.165, 1.54) is 11.3 Å². The molecule has 2 aromatic heterocycles. The van der Waals surface area contributed by atoms with Crippen molar-refractivity contribution >= 4 is 46.1 Å². The minimum atomic E-state index is -0.430. The van der Waals surface area contributed by atoms with Crippen LogP contribution in [0.1, 0.15) is 24.1 Å². The molecule has 1 aliphatic heterocycles. The molecule has 0 bridgehead atoms. The molecule has 29 heavy (non-hydrogen) atoms. The molecule has 2 amide bonds. The van der Waals surface area contributed by atoms with Gasteiger partial charge in [0.2, 0.25) is 23.5 Å². The number of carbonyl (C=O) groups is 2. The quantitative estimate of drug-likeness (QED) is 0.651. The molecule has 1 aliphatic rings. The molecule has 1 fully saturated rings. The summed E-state index contributed by atoms with van der Waals surface area (Å²) in [7, 11) is 0. The van der Waals surface area contributed by atoms with E-state index < -0.39 is 5.92 Å². The lowest BCUT2D eigenvalue weighted by atomic mass is 10.1. The van der Waals surface area contributed by atoms with Crippen molar-refractivity contribution in [1.82, 2.24) is 10.1 Å². The highest BCUT2D eigenvalue weighted by Gasteiger charge is 2.35. The summed E-state index contributed by atoms with van der Waals surface area (Å²) in [6.07, 6.45) is 0.832. The first-order valence-electron chi connectivity index (χ1n) is 9.24. The number of halogens is 1. The topological polar surface area (TPSA) is 88.3 Å². The monoisotopic (exact) mass is 430 g/mol. The van der Waals surface area contributed by atoms with Crippen LogP contribution < -0.4 is 10.2 Å². The Morgan fingerprint density at radius 1 is 1.41 bits per heavy atom. The second kappa shape index (κ2) is 7.96. The standard InChI is InChI=1S/C20H19ClN4O3S/c1-3-17-23-19(24-28-17)16-9-15(11(2)29-16)22-20(27)12-7-18(26)25(10-12)14-6-4-5-13(21)8-14/h4-6,8-9,12H,3,7,10H2,1-2H3,(H,22,27). The molecule has 0 aliphatic carbocycles. The summed E-state index contributed by atoms with van der Waals surface area (Å²) in [5, 5.41) is 7.48. The largest absolute Gasteiger partial charge is 0.339 e. The van der Waals surface area contributed by atoms with Gasteiger partial charge < -0.3 is 14.7 Å². The molecule has 3 aromatic rings. The molecule has 7 nitrogen and oxygen atoms in total. The summed E-state index contributed by atoms with van der Waals surface area (Å²) in [6.45, 7) is 4.19. The lowest BCUT2D eigenvalue weighted by molar-refractivity contribution is -0.122. The SMILES string of the molecule is CCc1nc(-c2cc(NC(=O)C3CC(=O)N(c4cccc(Cl)c4)C3)c(C)s2)no1. The van der Waals surface area contributed by atoms with E-state index in [-0.39, 0.29) is 18.2 Å². The third-order valence-electron chi connectivity index (χ3n) is 4.78. The molecule has 9 heteroatoms. The molecule has 4 rings (SSSR count). The van der Waals surface area contributed by atoms with Gasteiger partial charge in [0.25, 0.3) is 0 Å². The van der Waals surface area contributed by atoms with Gasteiger partial charge in [-0.25, -0.2) is 0 Å². The average Bonchev–Trinajstić information content (AvgIpc) is 3.40. The van der Waals surface area contributed by atoms with E-state index >= 15 is 0 Å². The molecule has 3 heterocycles. The van der Waals surface area contributed by atoms with Crippen LogP contribution >= 0.6 is 22.9 Å². The molecule has 150 valence electrons. The maximum absolute atomic E-state index is 12.8. The average molecular weight is 431 g/mol. The van der Waals surface area contributed by atoms with Crippen molar-refractivity contribution in [3.63, 3.8) is 0 Å². The highest BCUT2D eigenvalue weighted by molar-refractivity contribution is 7.16. The maximum atomic E-state index is 12.8. The van der Waals surface area contributed by atoms with Crippen molar-refractivity contribution in [2.24, 2.45) is 5.92 Å².